The van der Waals surface area contributed by atoms with Crippen LogP contribution in [0, 0.1) is 11.6 Å². The fourth-order valence-corrected chi connectivity index (χ4v) is 3.07. The molecule has 28 heavy (non-hydrogen) atoms. The maximum absolute atomic E-state index is 14.6. The first-order chi connectivity index (χ1) is 13.4. The Labute approximate surface area is 156 Å². The first-order valence-corrected chi connectivity index (χ1v) is 8.16. The molecule has 0 saturated carbocycles. The van der Waals surface area contributed by atoms with Crippen molar-refractivity contribution in [3.8, 4) is 11.3 Å². The van der Waals surface area contributed by atoms with Crippen LogP contribution in [0.4, 0.5) is 8.78 Å². The first kappa shape index (κ1) is 17.5. The number of halogens is 2. The molecule has 4 aromatic rings. The van der Waals surface area contributed by atoms with E-state index in [0.29, 0.717) is 16.6 Å². The highest BCUT2D eigenvalue weighted by molar-refractivity contribution is 6.17. The first-order valence-electron chi connectivity index (χ1n) is 8.16. The molecule has 0 radical (unpaired) electrons. The number of fused-ring (bicyclic) bond motifs is 1. The lowest BCUT2D eigenvalue weighted by Crippen LogP contribution is -2.17. The maximum Gasteiger partial charge on any atom is 0.251 e. The number of benzene rings is 1. The predicted molar refractivity (Wildman–Crippen MR) is 96.6 cm³/mol. The van der Waals surface area contributed by atoms with Crippen molar-refractivity contribution < 1.29 is 18.4 Å². The third-order valence-electron chi connectivity index (χ3n) is 4.48. The Kier molecular flexibility index (Phi) is 3.99. The van der Waals surface area contributed by atoms with E-state index in [2.05, 4.69) is 15.1 Å². The molecule has 140 valence electrons. The summed E-state index contributed by atoms with van der Waals surface area (Å²) in [6.07, 6.45) is 4.53. The SMILES string of the molecule is Cn1nccc1-c1cnc2[nH]cc(C(=O)c3c(F)ccc(C(N)=O)c3F)c2c1. The van der Waals surface area contributed by atoms with Gasteiger partial charge in [0.05, 0.1) is 16.8 Å². The Morgan fingerprint density at radius 1 is 1.18 bits per heavy atom. The number of amides is 1. The number of carbonyl (C=O) groups is 2. The van der Waals surface area contributed by atoms with E-state index >= 15 is 0 Å². The van der Waals surface area contributed by atoms with E-state index < -0.39 is 34.5 Å². The molecule has 0 bridgehead atoms. The van der Waals surface area contributed by atoms with Crippen molar-refractivity contribution in [3.63, 3.8) is 0 Å². The lowest BCUT2D eigenvalue weighted by atomic mass is 9.99. The number of aromatic nitrogens is 4. The second-order valence-electron chi connectivity index (χ2n) is 6.14. The quantitative estimate of drug-likeness (QED) is 0.530. The van der Waals surface area contributed by atoms with Crippen LogP contribution in [0.5, 0.6) is 0 Å². The lowest BCUT2D eigenvalue weighted by molar-refractivity contribution is 0.0996. The summed E-state index contributed by atoms with van der Waals surface area (Å²) < 4.78 is 30.5. The number of nitrogens with two attached hydrogens (primary N) is 1. The number of primary amides is 1. The van der Waals surface area contributed by atoms with Crippen molar-refractivity contribution in [3.05, 3.63) is 71.2 Å². The number of aryl methyl sites for hydroxylation is 1. The summed E-state index contributed by atoms with van der Waals surface area (Å²) in [5.74, 6) is -4.39. The number of hydrogen-bond donors (Lipinski definition) is 2. The average molecular weight is 381 g/mol. The van der Waals surface area contributed by atoms with Crippen LogP contribution in [-0.4, -0.2) is 31.4 Å². The topological polar surface area (TPSA) is 107 Å². The van der Waals surface area contributed by atoms with Gasteiger partial charge in [0.2, 0.25) is 5.78 Å². The fraction of sp³-hybridized carbons (Fsp3) is 0.0526. The highest BCUT2D eigenvalue weighted by atomic mass is 19.1. The van der Waals surface area contributed by atoms with Crippen LogP contribution >= 0.6 is 0 Å². The van der Waals surface area contributed by atoms with Crippen molar-refractivity contribution in [2.24, 2.45) is 12.8 Å². The number of nitrogens with one attached hydrogen (secondary N) is 1. The van der Waals surface area contributed by atoms with Crippen LogP contribution in [0.25, 0.3) is 22.3 Å². The molecule has 1 aromatic carbocycles. The van der Waals surface area contributed by atoms with Crippen LogP contribution in [-0.2, 0) is 7.05 Å². The Balaban J connectivity index is 1.88. The Morgan fingerprint density at radius 2 is 1.96 bits per heavy atom. The normalized spacial score (nSPS) is 11.1. The molecule has 1 amide bonds. The minimum atomic E-state index is -1.29. The third-order valence-corrected chi connectivity index (χ3v) is 4.48. The second-order valence-corrected chi connectivity index (χ2v) is 6.14. The van der Waals surface area contributed by atoms with Crippen LogP contribution in [0.15, 0.2) is 42.9 Å². The predicted octanol–water partition coefficient (Wildman–Crippen LogP) is 2.57. The van der Waals surface area contributed by atoms with Crippen molar-refractivity contribution in [2.45, 2.75) is 0 Å². The second kappa shape index (κ2) is 6.38. The molecule has 4 rings (SSSR count). The largest absolute Gasteiger partial charge is 0.366 e. The molecule has 0 atom stereocenters. The van der Waals surface area contributed by atoms with Gasteiger partial charge in [0, 0.05) is 42.2 Å². The lowest BCUT2D eigenvalue weighted by Gasteiger charge is -2.07. The molecule has 9 heteroatoms. The molecule has 3 N–H and O–H groups in total. The monoisotopic (exact) mass is 381 g/mol. The maximum atomic E-state index is 14.6. The van der Waals surface area contributed by atoms with Crippen molar-refractivity contribution in [1.82, 2.24) is 19.7 Å². The van der Waals surface area contributed by atoms with Crippen molar-refractivity contribution in [1.29, 1.82) is 0 Å². The van der Waals surface area contributed by atoms with E-state index in [1.165, 1.54) is 6.20 Å². The minimum Gasteiger partial charge on any atom is -0.366 e. The molecule has 0 unspecified atom stereocenters. The Morgan fingerprint density at radius 3 is 2.64 bits per heavy atom. The third kappa shape index (κ3) is 2.64. The minimum absolute atomic E-state index is 0.0194. The van der Waals surface area contributed by atoms with E-state index in [9.17, 15) is 18.4 Å². The van der Waals surface area contributed by atoms with Gasteiger partial charge in [-0.1, -0.05) is 0 Å². The van der Waals surface area contributed by atoms with Gasteiger partial charge in [-0.2, -0.15) is 5.10 Å². The molecule has 3 heterocycles. The Hall–Kier alpha value is -3.88. The van der Waals surface area contributed by atoms with Gasteiger partial charge in [-0.25, -0.2) is 13.8 Å². The molecular formula is C19H13F2N5O2. The number of H-pyrrole nitrogens is 1. The van der Waals surface area contributed by atoms with Gasteiger partial charge in [-0.3, -0.25) is 14.3 Å². The summed E-state index contributed by atoms with van der Waals surface area (Å²) in [6.45, 7) is 0. The molecule has 0 aliphatic rings. The summed E-state index contributed by atoms with van der Waals surface area (Å²) in [7, 11) is 1.75. The Bertz CT molecular complexity index is 1260. The van der Waals surface area contributed by atoms with Crippen LogP contribution in [0.2, 0.25) is 0 Å². The van der Waals surface area contributed by atoms with Gasteiger partial charge in [0.15, 0.2) is 0 Å². The van der Waals surface area contributed by atoms with Gasteiger partial charge in [0.25, 0.3) is 5.91 Å². The molecule has 7 nitrogen and oxygen atoms in total. The van der Waals surface area contributed by atoms with E-state index in [1.807, 2.05) is 0 Å². The molecule has 0 aliphatic heterocycles. The van der Waals surface area contributed by atoms with E-state index in [0.717, 1.165) is 17.8 Å². The number of hydrogen-bond acceptors (Lipinski definition) is 4. The zero-order valence-corrected chi connectivity index (χ0v) is 14.5. The molecule has 0 saturated heterocycles. The number of carbonyl (C=O) groups excluding carboxylic acids is 2. The zero-order chi connectivity index (χ0) is 20.0. The number of aromatic amines is 1. The van der Waals surface area contributed by atoms with Crippen LogP contribution in [0.1, 0.15) is 26.3 Å². The van der Waals surface area contributed by atoms with Gasteiger partial charge in [-0.15, -0.1) is 0 Å². The smallest absolute Gasteiger partial charge is 0.251 e. The summed E-state index contributed by atoms with van der Waals surface area (Å²) in [5, 5.41) is 4.47. The van der Waals surface area contributed by atoms with E-state index in [1.54, 1.807) is 36.3 Å². The van der Waals surface area contributed by atoms with Crippen molar-refractivity contribution in [2.75, 3.05) is 0 Å². The number of rotatable bonds is 4. The average Bonchev–Trinajstić information content (AvgIpc) is 3.26. The van der Waals surface area contributed by atoms with Crippen LogP contribution in [0.3, 0.4) is 0 Å². The standard InChI is InChI=1S/C19H13F2N5O2/c1-26-14(4-5-25-26)9-6-11-12(8-24-19(11)23-7-9)17(27)15-13(20)3-2-10(16(15)21)18(22)28/h2-8H,1H3,(H2,22,28)(H,23,24). The fourth-order valence-electron chi connectivity index (χ4n) is 3.07. The zero-order valence-electron chi connectivity index (χ0n) is 14.5. The highest BCUT2D eigenvalue weighted by Gasteiger charge is 2.26. The van der Waals surface area contributed by atoms with E-state index in [-0.39, 0.29) is 5.56 Å². The van der Waals surface area contributed by atoms with Gasteiger partial charge in [0.1, 0.15) is 17.3 Å². The van der Waals surface area contributed by atoms with Crippen molar-refractivity contribution >= 4 is 22.7 Å². The summed E-state index contributed by atoms with van der Waals surface area (Å²) >= 11 is 0. The summed E-state index contributed by atoms with van der Waals surface area (Å²) in [4.78, 5) is 31.3. The molecular weight excluding hydrogens is 368 g/mol. The van der Waals surface area contributed by atoms with Crippen LogP contribution < -0.4 is 5.73 Å². The highest BCUT2D eigenvalue weighted by Crippen LogP contribution is 2.27. The number of nitrogens with zero attached hydrogens (tertiary/aromatic N) is 3. The van der Waals surface area contributed by atoms with Gasteiger partial charge >= 0.3 is 0 Å². The molecule has 0 fully saturated rings. The molecule has 3 aromatic heterocycles. The summed E-state index contributed by atoms with van der Waals surface area (Å²) in [5.41, 5.74) is 5.51. The van der Waals surface area contributed by atoms with Gasteiger partial charge < -0.3 is 10.7 Å². The number of pyridine rings is 1. The van der Waals surface area contributed by atoms with Gasteiger partial charge in [-0.05, 0) is 24.3 Å². The van der Waals surface area contributed by atoms with E-state index in [4.69, 9.17) is 5.73 Å². The molecule has 0 spiro atoms. The number of ketones is 1. The summed E-state index contributed by atoms with van der Waals surface area (Å²) in [6, 6.07) is 5.19. The molecule has 0 aliphatic carbocycles.